The molecule has 0 radical (unpaired) electrons. The van der Waals surface area contributed by atoms with Crippen LogP contribution in [0.1, 0.15) is 48.7 Å². The minimum Gasteiger partial charge on any atom is -0.487 e. The molecule has 2 aromatic rings. The molecule has 0 saturated heterocycles. The maximum atomic E-state index is 8.88. The highest BCUT2D eigenvalue weighted by atomic mass is 32.1. The Kier molecular flexibility index (Phi) is 5.88. The van der Waals surface area contributed by atoms with Gasteiger partial charge < -0.3 is 14.6 Å². The number of rotatable bonds is 7. The molecule has 1 aliphatic rings. The van der Waals surface area contributed by atoms with E-state index >= 15 is 0 Å². The van der Waals surface area contributed by atoms with E-state index in [4.69, 9.17) is 19.6 Å². The first kappa shape index (κ1) is 16.3. The third-order valence-electron chi connectivity index (χ3n) is 4.10. The fourth-order valence-electron chi connectivity index (χ4n) is 2.92. The summed E-state index contributed by atoms with van der Waals surface area (Å²) in [5.41, 5.74) is 0.979. The first-order valence-corrected chi connectivity index (χ1v) is 9.14. The molecule has 1 heterocycles. The number of aromatic nitrogens is 1. The summed E-state index contributed by atoms with van der Waals surface area (Å²) >= 11 is 1.75. The van der Waals surface area contributed by atoms with Gasteiger partial charge in [0.1, 0.15) is 13.2 Å². The van der Waals surface area contributed by atoms with E-state index in [1.807, 2.05) is 24.3 Å². The van der Waals surface area contributed by atoms with Gasteiger partial charge in [0.2, 0.25) is 0 Å². The number of thiazole rings is 1. The summed E-state index contributed by atoms with van der Waals surface area (Å²) in [6, 6.07) is 7.53. The van der Waals surface area contributed by atoms with Gasteiger partial charge in [0.25, 0.3) is 0 Å². The fraction of sp³-hybridized carbons (Fsp3) is 0.500. The van der Waals surface area contributed by atoms with Gasteiger partial charge >= 0.3 is 0 Å². The van der Waals surface area contributed by atoms with Crippen molar-refractivity contribution in [1.29, 1.82) is 0 Å². The minimum atomic E-state index is -0.00876. The third-order valence-corrected chi connectivity index (χ3v) is 5.15. The van der Waals surface area contributed by atoms with Crippen LogP contribution in [0.25, 0.3) is 0 Å². The summed E-state index contributed by atoms with van der Waals surface area (Å²) in [6.45, 7) is 0.705. The number of benzene rings is 1. The lowest BCUT2D eigenvalue weighted by Gasteiger charge is -2.18. The van der Waals surface area contributed by atoms with Gasteiger partial charge in [-0.05, 0) is 25.0 Å². The van der Waals surface area contributed by atoms with Crippen molar-refractivity contribution in [3.63, 3.8) is 0 Å². The molecule has 0 atom stereocenters. The average Bonchev–Trinajstić information content (AvgIpc) is 3.08. The number of hydrogen-bond acceptors (Lipinski definition) is 5. The zero-order valence-electron chi connectivity index (χ0n) is 13.2. The number of aliphatic hydroxyl groups excluding tert-OH is 1. The zero-order valence-corrected chi connectivity index (χ0v) is 14.1. The maximum absolute atomic E-state index is 8.88. The standard InChI is InChI=1S/C18H23NO3S/c20-10-11-21-16-8-4-5-9-17(16)22-12-15-13-23-18(19-15)14-6-2-1-3-7-14/h4-5,8-9,13-14,20H,1-3,6-7,10-12H2. The van der Waals surface area contributed by atoms with Crippen LogP contribution < -0.4 is 9.47 Å². The highest BCUT2D eigenvalue weighted by molar-refractivity contribution is 7.09. The second-order valence-electron chi connectivity index (χ2n) is 5.82. The van der Waals surface area contributed by atoms with Crippen LogP contribution in [0.3, 0.4) is 0 Å². The Balaban J connectivity index is 1.59. The van der Waals surface area contributed by atoms with E-state index in [0.29, 0.717) is 24.0 Å². The molecule has 1 N–H and O–H groups in total. The van der Waals surface area contributed by atoms with Gasteiger partial charge in [-0.1, -0.05) is 31.4 Å². The van der Waals surface area contributed by atoms with Gasteiger partial charge in [0.15, 0.2) is 11.5 Å². The van der Waals surface area contributed by atoms with Crippen LogP contribution in [0.15, 0.2) is 29.6 Å². The summed E-state index contributed by atoms with van der Waals surface area (Å²) in [7, 11) is 0. The van der Waals surface area contributed by atoms with Crippen LogP contribution in [-0.2, 0) is 6.61 Å². The summed E-state index contributed by atoms with van der Waals surface area (Å²) in [6.07, 6.45) is 6.55. The molecule has 0 spiro atoms. The van der Waals surface area contributed by atoms with Gasteiger partial charge in [-0.3, -0.25) is 0 Å². The molecule has 23 heavy (non-hydrogen) atoms. The highest BCUT2D eigenvalue weighted by Crippen LogP contribution is 2.34. The van der Waals surface area contributed by atoms with E-state index in [-0.39, 0.29) is 13.2 Å². The van der Waals surface area contributed by atoms with Crippen molar-refractivity contribution in [3.8, 4) is 11.5 Å². The molecule has 5 heteroatoms. The Morgan fingerprint density at radius 2 is 1.83 bits per heavy atom. The molecule has 124 valence electrons. The minimum absolute atomic E-state index is 0.00876. The Morgan fingerprint density at radius 3 is 2.57 bits per heavy atom. The molecule has 1 saturated carbocycles. The van der Waals surface area contributed by atoms with Crippen molar-refractivity contribution >= 4 is 11.3 Å². The van der Waals surface area contributed by atoms with E-state index in [1.165, 1.54) is 37.1 Å². The first-order chi connectivity index (χ1) is 11.4. The number of aliphatic hydroxyl groups is 1. The molecule has 1 aliphatic carbocycles. The smallest absolute Gasteiger partial charge is 0.161 e. The summed E-state index contributed by atoms with van der Waals surface area (Å²) < 4.78 is 11.3. The van der Waals surface area contributed by atoms with Crippen molar-refractivity contribution in [2.75, 3.05) is 13.2 Å². The van der Waals surface area contributed by atoms with E-state index < -0.39 is 0 Å². The van der Waals surface area contributed by atoms with Crippen molar-refractivity contribution in [3.05, 3.63) is 40.3 Å². The fourth-order valence-corrected chi connectivity index (χ4v) is 3.90. The Morgan fingerprint density at radius 1 is 1.09 bits per heavy atom. The molecule has 4 nitrogen and oxygen atoms in total. The molecule has 0 amide bonds. The molecular weight excluding hydrogens is 310 g/mol. The lowest BCUT2D eigenvalue weighted by molar-refractivity contribution is 0.192. The quantitative estimate of drug-likeness (QED) is 0.827. The molecule has 1 aromatic carbocycles. The topological polar surface area (TPSA) is 51.6 Å². The third kappa shape index (κ3) is 4.45. The predicted molar refractivity (Wildman–Crippen MR) is 91.3 cm³/mol. The average molecular weight is 333 g/mol. The Hall–Kier alpha value is -1.59. The molecule has 0 aliphatic heterocycles. The first-order valence-electron chi connectivity index (χ1n) is 8.26. The lowest BCUT2D eigenvalue weighted by Crippen LogP contribution is -2.05. The summed E-state index contributed by atoms with van der Waals surface area (Å²) in [5, 5.41) is 12.2. The summed E-state index contributed by atoms with van der Waals surface area (Å²) in [5.74, 6) is 1.99. The van der Waals surface area contributed by atoms with Crippen LogP contribution in [0.2, 0.25) is 0 Å². The van der Waals surface area contributed by atoms with Crippen molar-refractivity contribution in [1.82, 2.24) is 4.98 Å². The van der Waals surface area contributed by atoms with Crippen molar-refractivity contribution in [2.24, 2.45) is 0 Å². The van der Waals surface area contributed by atoms with E-state index in [2.05, 4.69) is 5.38 Å². The lowest BCUT2D eigenvalue weighted by atomic mass is 9.90. The molecular formula is C18H23NO3S. The van der Waals surface area contributed by atoms with E-state index in [0.717, 1.165) is 5.69 Å². The summed E-state index contributed by atoms with van der Waals surface area (Å²) in [4.78, 5) is 4.75. The van der Waals surface area contributed by atoms with Crippen molar-refractivity contribution < 1.29 is 14.6 Å². The predicted octanol–water partition coefficient (Wildman–Crippen LogP) is 4.14. The Bertz CT molecular complexity index is 608. The maximum Gasteiger partial charge on any atom is 0.161 e. The molecule has 3 rings (SSSR count). The van der Waals surface area contributed by atoms with Crippen LogP contribution >= 0.6 is 11.3 Å². The van der Waals surface area contributed by atoms with E-state index in [1.54, 1.807) is 11.3 Å². The number of nitrogens with zero attached hydrogens (tertiary/aromatic N) is 1. The van der Waals surface area contributed by atoms with Crippen molar-refractivity contribution in [2.45, 2.75) is 44.6 Å². The number of para-hydroxylation sites is 2. The Labute approximate surface area is 141 Å². The molecule has 0 unspecified atom stereocenters. The second-order valence-corrected chi connectivity index (χ2v) is 6.71. The zero-order chi connectivity index (χ0) is 15.9. The SMILES string of the molecule is OCCOc1ccccc1OCc1csc(C2CCCCC2)n1. The van der Waals surface area contributed by atoms with Gasteiger partial charge in [-0.15, -0.1) is 11.3 Å². The van der Waals surface area contributed by atoms with Gasteiger partial charge in [0.05, 0.1) is 17.3 Å². The van der Waals surface area contributed by atoms with Gasteiger partial charge in [-0.25, -0.2) is 4.98 Å². The molecule has 1 fully saturated rings. The molecule has 1 aromatic heterocycles. The van der Waals surface area contributed by atoms with Crippen LogP contribution in [0.5, 0.6) is 11.5 Å². The van der Waals surface area contributed by atoms with Gasteiger partial charge in [-0.2, -0.15) is 0 Å². The second kappa shape index (κ2) is 8.31. The van der Waals surface area contributed by atoms with Gasteiger partial charge in [0, 0.05) is 11.3 Å². The van der Waals surface area contributed by atoms with Crippen LogP contribution in [-0.4, -0.2) is 23.3 Å². The molecule has 0 bridgehead atoms. The number of ether oxygens (including phenoxy) is 2. The van der Waals surface area contributed by atoms with E-state index in [9.17, 15) is 0 Å². The number of hydrogen-bond donors (Lipinski definition) is 1. The largest absolute Gasteiger partial charge is 0.487 e. The monoisotopic (exact) mass is 333 g/mol. The highest BCUT2D eigenvalue weighted by Gasteiger charge is 2.18. The van der Waals surface area contributed by atoms with Crippen LogP contribution in [0, 0.1) is 0 Å². The normalized spacial score (nSPS) is 15.5. The van der Waals surface area contributed by atoms with Crippen LogP contribution in [0.4, 0.5) is 0 Å².